The average Bonchev–Trinajstić information content (AvgIpc) is 3.07. The number of hydrogen-bond donors (Lipinski definition) is 1. The fourth-order valence-electron chi connectivity index (χ4n) is 3.76. The second-order valence-corrected chi connectivity index (χ2v) is 8.89. The standard InChI is InChI=1S/C20H21N3O4S/c24-19-14-21-20(25)23(19)17-9-11-22(12-10-17)28(26,27)18-8-4-7-16(13-18)15-5-2-1-3-6-15/h1-8,13,17H,9-12,14H2,(H,21,25). The molecule has 2 heterocycles. The van der Waals surface area contributed by atoms with Crippen LogP contribution in [0.1, 0.15) is 12.8 Å². The molecule has 2 saturated heterocycles. The highest BCUT2D eigenvalue weighted by atomic mass is 32.2. The Morgan fingerprint density at radius 3 is 2.21 bits per heavy atom. The second-order valence-electron chi connectivity index (χ2n) is 6.95. The largest absolute Gasteiger partial charge is 0.329 e. The number of carbonyl (C=O) groups excluding carboxylic acids is 2. The molecule has 0 radical (unpaired) electrons. The maximum Gasteiger partial charge on any atom is 0.324 e. The molecule has 146 valence electrons. The highest BCUT2D eigenvalue weighted by Crippen LogP contribution is 2.27. The van der Waals surface area contributed by atoms with Gasteiger partial charge < -0.3 is 5.32 Å². The van der Waals surface area contributed by atoms with Crippen LogP contribution in [0.5, 0.6) is 0 Å². The van der Waals surface area contributed by atoms with Crippen LogP contribution in [0.4, 0.5) is 4.79 Å². The van der Waals surface area contributed by atoms with Crippen molar-refractivity contribution in [3.63, 3.8) is 0 Å². The molecule has 0 unspecified atom stereocenters. The lowest BCUT2D eigenvalue weighted by molar-refractivity contribution is -0.127. The van der Waals surface area contributed by atoms with Crippen molar-refractivity contribution in [1.82, 2.24) is 14.5 Å². The summed E-state index contributed by atoms with van der Waals surface area (Å²) in [4.78, 5) is 25.2. The van der Waals surface area contributed by atoms with Gasteiger partial charge in [0, 0.05) is 19.1 Å². The summed E-state index contributed by atoms with van der Waals surface area (Å²) in [7, 11) is -3.64. The lowest BCUT2D eigenvalue weighted by Gasteiger charge is -2.34. The van der Waals surface area contributed by atoms with Gasteiger partial charge in [-0.15, -0.1) is 0 Å². The van der Waals surface area contributed by atoms with Gasteiger partial charge in [0.15, 0.2) is 0 Å². The van der Waals surface area contributed by atoms with Gasteiger partial charge in [0.2, 0.25) is 15.9 Å². The normalized spacial score (nSPS) is 19.1. The Bertz CT molecular complexity index is 983. The average molecular weight is 399 g/mol. The Morgan fingerprint density at radius 2 is 1.57 bits per heavy atom. The van der Waals surface area contributed by atoms with Crippen molar-refractivity contribution >= 4 is 22.0 Å². The van der Waals surface area contributed by atoms with Gasteiger partial charge in [0.1, 0.15) is 0 Å². The molecule has 0 spiro atoms. The molecule has 0 aliphatic carbocycles. The van der Waals surface area contributed by atoms with Crippen molar-refractivity contribution in [2.75, 3.05) is 19.6 Å². The number of benzene rings is 2. The number of imide groups is 1. The second kappa shape index (κ2) is 7.37. The Hall–Kier alpha value is -2.71. The molecule has 0 saturated carbocycles. The number of nitrogens with zero attached hydrogens (tertiary/aromatic N) is 2. The van der Waals surface area contributed by atoms with Gasteiger partial charge in [-0.3, -0.25) is 9.69 Å². The summed E-state index contributed by atoms with van der Waals surface area (Å²) in [6.07, 6.45) is 0.882. The van der Waals surface area contributed by atoms with E-state index >= 15 is 0 Å². The molecule has 4 rings (SSSR count). The Balaban J connectivity index is 1.51. The molecule has 7 nitrogen and oxygen atoms in total. The third-order valence-electron chi connectivity index (χ3n) is 5.25. The summed E-state index contributed by atoms with van der Waals surface area (Å²) in [5.74, 6) is -0.248. The van der Waals surface area contributed by atoms with Gasteiger partial charge in [0.25, 0.3) is 0 Å². The van der Waals surface area contributed by atoms with E-state index in [1.54, 1.807) is 18.2 Å². The van der Waals surface area contributed by atoms with E-state index < -0.39 is 10.0 Å². The molecule has 8 heteroatoms. The smallest absolute Gasteiger partial charge is 0.324 e. The first-order chi connectivity index (χ1) is 13.5. The molecule has 0 bridgehead atoms. The molecule has 2 aromatic carbocycles. The zero-order valence-electron chi connectivity index (χ0n) is 15.2. The summed E-state index contributed by atoms with van der Waals surface area (Å²) in [6, 6.07) is 15.9. The fourth-order valence-corrected chi connectivity index (χ4v) is 5.28. The quantitative estimate of drug-likeness (QED) is 0.798. The van der Waals surface area contributed by atoms with Gasteiger partial charge in [-0.25, -0.2) is 13.2 Å². The van der Waals surface area contributed by atoms with Crippen LogP contribution in [0.15, 0.2) is 59.5 Å². The van der Waals surface area contributed by atoms with E-state index in [0.29, 0.717) is 12.8 Å². The predicted octanol–water partition coefficient (Wildman–Crippen LogP) is 2.06. The molecule has 2 aliphatic heterocycles. The number of amides is 3. The number of nitrogens with one attached hydrogen (secondary N) is 1. The molecular formula is C20H21N3O4S. The van der Waals surface area contributed by atoms with Crippen LogP contribution in [0.25, 0.3) is 11.1 Å². The van der Waals surface area contributed by atoms with Gasteiger partial charge >= 0.3 is 6.03 Å². The van der Waals surface area contributed by atoms with E-state index in [9.17, 15) is 18.0 Å². The third kappa shape index (κ3) is 3.41. The van der Waals surface area contributed by atoms with Gasteiger partial charge in [-0.05, 0) is 36.1 Å². The van der Waals surface area contributed by atoms with Gasteiger partial charge in [0.05, 0.1) is 11.4 Å². The van der Waals surface area contributed by atoms with Crippen LogP contribution in [0.2, 0.25) is 0 Å². The SMILES string of the molecule is O=C1CNC(=O)N1C1CCN(S(=O)(=O)c2cccc(-c3ccccc3)c2)CC1. The summed E-state index contributed by atoms with van der Waals surface area (Å²) in [5.41, 5.74) is 1.80. The van der Waals surface area contributed by atoms with Crippen molar-refractivity contribution in [1.29, 1.82) is 0 Å². The fraction of sp³-hybridized carbons (Fsp3) is 0.300. The molecule has 0 aromatic heterocycles. The van der Waals surface area contributed by atoms with Crippen LogP contribution in [-0.2, 0) is 14.8 Å². The maximum atomic E-state index is 13.1. The Labute approximate surface area is 164 Å². The lowest BCUT2D eigenvalue weighted by atomic mass is 10.1. The predicted molar refractivity (Wildman–Crippen MR) is 104 cm³/mol. The number of urea groups is 1. The minimum absolute atomic E-state index is 0.0175. The summed E-state index contributed by atoms with van der Waals surface area (Å²) < 4.78 is 27.6. The van der Waals surface area contributed by atoms with Crippen molar-refractivity contribution < 1.29 is 18.0 Å². The maximum absolute atomic E-state index is 13.1. The molecule has 2 aliphatic rings. The molecule has 1 N–H and O–H groups in total. The van der Waals surface area contributed by atoms with E-state index in [1.165, 1.54) is 9.21 Å². The number of hydrogen-bond acceptors (Lipinski definition) is 4. The zero-order chi connectivity index (χ0) is 19.7. The van der Waals surface area contributed by atoms with Crippen molar-refractivity contribution in [3.8, 4) is 11.1 Å². The van der Waals surface area contributed by atoms with Crippen LogP contribution >= 0.6 is 0 Å². The van der Waals surface area contributed by atoms with E-state index in [1.807, 2.05) is 36.4 Å². The van der Waals surface area contributed by atoms with Crippen LogP contribution in [0, 0.1) is 0 Å². The van der Waals surface area contributed by atoms with E-state index in [-0.39, 0.29) is 42.5 Å². The summed E-state index contributed by atoms with van der Waals surface area (Å²) >= 11 is 0. The third-order valence-corrected chi connectivity index (χ3v) is 7.14. The zero-order valence-corrected chi connectivity index (χ0v) is 16.1. The van der Waals surface area contributed by atoms with E-state index in [2.05, 4.69) is 5.32 Å². The molecular weight excluding hydrogens is 378 g/mol. The highest BCUT2D eigenvalue weighted by Gasteiger charge is 2.38. The lowest BCUT2D eigenvalue weighted by Crippen LogP contribution is -2.48. The first kappa shape index (κ1) is 18.6. The molecule has 2 fully saturated rings. The van der Waals surface area contributed by atoms with E-state index in [0.717, 1.165) is 11.1 Å². The summed E-state index contributed by atoms with van der Waals surface area (Å²) in [6.45, 7) is 0.572. The minimum atomic E-state index is -3.64. The van der Waals surface area contributed by atoms with Crippen LogP contribution in [-0.4, -0.2) is 55.2 Å². The molecule has 0 atom stereocenters. The van der Waals surface area contributed by atoms with Crippen LogP contribution in [0.3, 0.4) is 0 Å². The monoisotopic (exact) mass is 399 g/mol. The highest BCUT2D eigenvalue weighted by molar-refractivity contribution is 7.89. The van der Waals surface area contributed by atoms with Crippen LogP contribution < -0.4 is 5.32 Å². The number of carbonyl (C=O) groups is 2. The van der Waals surface area contributed by atoms with Crippen molar-refractivity contribution in [3.05, 3.63) is 54.6 Å². The first-order valence-corrected chi connectivity index (χ1v) is 10.7. The molecule has 28 heavy (non-hydrogen) atoms. The molecule has 3 amide bonds. The topological polar surface area (TPSA) is 86.8 Å². The Kier molecular flexibility index (Phi) is 4.91. The van der Waals surface area contributed by atoms with E-state index in [4.69, 9.17) is 0 Å². The molecule has 2 aromatic rings. The van der Waals surface area contributed by atoms with Crippen molar-refractivity contribution in [2.24, 2.45) is 0 Å². The van der Waals surface area contributed by atoms with Gasteiger partial charge in [-0.2, -0.15) is 4.31 Å². The number of piperidine rings is 1. The number of rotatable bonds is 4. The number of sulfonamides is 1. The first-order valence-electron chi connectivity index (χ1n) is 9.22. The summed E-state index contributed by atoms with van der Waals surface area (Å²) in [5, 5.41) is 2.51. The Morgan fingerprint density at radius 1 is 0.893 bits per heavy atom. The van der Waals surface area contributed by atoms with Gasteiger partial charge in [-0.1, -0.05) is 42.5 Å². The van der Waals surface area contributed by atoms with Crippen molar-refractivity contribution in [2.45, 2.75) is 23.8 Å². The minimum Gasteiger partial charge on any atom is -0.329 e.